The van der Waals surface area contributed by atoms with Crippen LogP contribution in [0.15, 0.2) is 35.1 Å². The molecule has 2 heterocycles. The topological polar surface area (TPSA) is 99.4 Å². The van der Waals surface area contributed by atoms with Gasteiger partial charge in [-0.2, -0.15) is 0 Å². The van der Waals surface area contributed by atoms with Crippen molar-refractivity contribution in [1.29, 1.82) is 0 Å². The van der Waals surface area contributed by atoms with E-state index < -0.39 is 11.5 Å². The third kappa shape index (κ3) is 3.35. The lowest BCUT2D eigenvalue weighted by Crippen LogP contribution is -2.46. The van der Waals surface area contributed by atoms with E-state index in [-0.39, 0.29) is 18.0 Å². The molecule has 0 bridgehead atoms. The summed E-state index contributed by atoms with van der Waals surface area (Å²) in [5.74, 6) is 0.127. The van der Waals surface area contributed by atoms with Crippen molar-refractivity contribution in [3.05, 3.63) is 51.8 Å². The van der Waals surface area contributed by atoms with Crippen LogP contribution < -0.4 is 16.2 Å². The van der Waals surface area contributed by atoms with Gasteiger partial charge in [-0.05, 0) is 54.0 Å². The molecular weight excluding hydrogens is 366 g/mol. The number of anilines is 1. The highest BCUT2D eigenvalue weighted by Gasteiger charge is 2.45. The zero-order valence-corrected chi connectivity index (χ0v) is 16.0. The SMILES string of the molecule is CCc1cc(C(=O)O)c(=O)[nH]c1-c1ccc(N2C[C@H]3C[C@H](N)[C@H]3C2)cc1.Cl. The van der Waals surface area contributed by atoms with E-state index in [0.29, 0.717) is 24.1 Å². The first-order chi connectivity index (χ1) is 12.5. The fourth-order valence-electron chi connectivity index (χ4n) is 4.28. The highest BCUT2D eigenvalue weighted by molar-refractivity contribution is 5.88. The van der Waals surface area contributed by atoms with Gasteiger partial charge in [0.1, 0.15) is 5.56 Å². The highest BCUT2D eigenvalue weighted by Crippen LogP contribution is 2.41. The van der Waals surface area contributed by atoms with E-state index in [1.165, 1.54) is 6.07 Å². The van der Waals surface area contributed by atoms with Crippen molar-refractivity contribution in [2.75, 3.05) is 18.0 Å². The number of pyridine rings is 1. The molecule has 1 saturated carbocycles. The van der Waals surface area contributed by atoms with Crippen LogP contribution in [0.2, 0.25) is 0 Å². The maximum absolute atomic E-state index is 12.1. The third-order valence-electron chi connectivity index (χ3n) is 5.87. The van der Waals surface area contributed by atoms with Crippen molar-refractivity contribution in [2.45, 2.75) is 25.8 Å². The summed E-state index contributed by atoms with van der Waals surface area (Å²) < 4.78 is 0. The van der Waals surface area contributed by atoms with Crippen LogP contribution in [0.25, 0.3) is 11.3 Å². The number of benzene rings is 1. The van der Waals surface area contributed by atoms with Crippen LogP contribution in [0.4, 0.5) is 5.69 Å². The molecule has 0 amide bonds. The zero-order valence-electron chi connectivity index (χ0n) is 15.1. The molecule has 3 atom stereocenters. The molecule has 1 aromatic carbocycles. The van der Waals surface area contributed by atoms with Gasteiger partial charge < -0.3 is 20.7 Å². The average molecular weight is 390 g/mol. The van der Waals surface area contributed by atoms with Crippen molar-refractivity contribution in [3.63, 3.8) is 0 Å². The fourth-order valence-corrected chi connectivity index (χ4v) is 4.28. The first-order valence-electron chi connectivity index (χ1n) is 9.08. The maximum atomic E-state index is 12.1. The van der Waals surface area contributed by atoms with Gasteiger partial charge in [0.2, 0.25) is 0 Å². The molecule has 4 N–H and O–H groups in total. The Labute approximate surface area is 163 Å². The van der Waals surface area contributed by atoms with E-state index in [1.54, 1.807) is 0 Å². The molecule has 2 aromatic rings. The molecule has 144 valence electrons. The van der Waals surface area contributed by atoms with Crippen LogP contribution in [0, 0.1) is 11.8 Å². The molecule has 0 unspecified atom stereocenters. The first-order valence-corrected chi connectivity index (χ1v) is 9.08. The van der Waals surface area contributed by atoms with Crippen LogP contribution in [-0.2, 0) is 6.42 Å². The largest absolute Gasteiger partial charge is 0.477 e. The second-order valence-electron chi connectivity index (χ2n) is 7.35. The number of hydrogen-bond donors (Lipinski definition) is 3. The van der Waals surface area contributed by atoms with Gasteiger partial charge in [0.15, 0.2) is 0 Å². The predicted octanol–water partition coefficient (Wildman–Crippen LogP) is 2.51. The van der Waals surface area contributed by atoms with Crippen LogP contribution in [-0.4, -0.2) is 35.2 Å². The summed E-state index contributed by atoms with van der Waals surface area (Å²) in [7, 11) is 0. The number of aromatic amines is 1. The van der Waals surface area contributed by atoms with Gasteiger partial charge in [0.05, 0.1) is 5.69 Å². The van der Waals surface area contributed by atoms with E-state index in [4.69, 9.17) is 10.8 Å². The smallest absolute Gasteiger partial charge is 0.341 e. The minimum absolute atomic E-state index is 0. The predicted molar refractivity (Wildman–Crippen MR) is 108 cm³/mol. The molecule has 6 nitrogen and oxygen atoms in total. The van der Waals surface area contributed by atoms with Crippen molar-refractivity contribution in [2.24, 2.45) is 17.6 Å². The van der Waals surface area contributed by atoms with Crippen LogP contribution in [0.3, 0.4) is 0 Å². The highest BCUT2D eigenvalue weighted by atomic mass is 35.5. The number of nitrogens with two attached hydrogens (primary N) is 1. The van der Waals surface area contributed by atoms with Gasteiger partial charge in [-0.25, -0.2) is 4.79 Å². The molecule has 0 spiro atoms. The minimum Gasteiger partial charge on any atom is -0.477 e. The van der Waals surface area contributed by atoms with E-state index in [2.05, 4.69) is 22.0 Å². The van der Waals surface area contributed by atoms with Crippen LogP contribution in [0.1, 0.15) is 29.3 Å². The number of fused-ring (bicyclic) bond motifs is 1. The first kappa shape index (κ1) is 19.5. The van der Waals surface area contributed by atoms with Crippen molar-refractivity contribution < 1.29 is 9.90 Å². The summed E-state index contributed by atoms with van der Waals surface area (Å²) in [5.41, 5.74) is 8.86. The standard InChI is InChI=1S/C20H23N3O3.ClH/c1-2-11-7-15(20(25)26)19(24)22-18(11)12-3-5-14(6-4-12)23-9-13-8-17(21)16(13)10-23;/h3-7,13,16-17H,2,8-10,21H2,1H3,(H,22,24)(H,25,26);1H/t13-,16+,17+;/m1./s1. The number of aryl methyl sites for hydroxylation is 1. The van der Waals surface area contributed by atoms with Gasteiger partial charge in [-0.3, -0.25) is 4.79 Å². The quantitative estimate of drug-likeness (QED) is 0.746. The second-order valence-corrected chi connectivity index (χ2v) is 7.35. The van der Waals surface area contributed by atoms with Crippen molar-refractivity contribution in [1.82, 2.24) is 4.98 Å². The fraction of sp³-hybridized carbons (Fsp3) is 0.400. The van der Waals surface area contributed by atoms with Crippen molar-refractivity contribution in [3.8, 4) is 11.3 Å². The number of nitrogens with zero attached hydrogens (tertiary/aromatic N) is 1. The zero-order chi connectivity index (χ0) is 18.4. The van der Waals surface area contributed by atoms with Crippen LogP contribution >= 0.6 is 12.4 Å². The van der Waals surface area contributed by atoms with Crippen LogP contribution in [0.5, 0.6) is 0 Å². The molecular formula is C20H24ClN3O3. The average Bonchev–Trinajstić information content (AvgIpc) is 2.98. The number of halogens is 1. The molecule has 2 fully saturated rings. The number of carboxylic acid groups (broad SMARTS) is 1. The summed E-state index contributed by atoms with van der Waals surface area (Å²) in [5, 5.41) is 9.14. The molecule has 4 rings (SSSR count). The lowest BCUT2D eigenvalue weighted by Gasteiger charge is -2.36. The van der Waals surface area contributed by atoms with E-state index in [9.17, 15) is 9.59 Å². The lowest BCUT2D eigenvalue weighted by atomic mass is 9.72. The molecule has 27 heavy (non-hydrogen) atoms. The number of hydrogen-bond acceptors (Lipinski definition) is 4. The van der Waals surface area contributed by atoms with Gasteiger partial charge in [0, 0.05) is 24.8 Å². The molecule has 0 radical (unpaired) electrons. The molecule has 1 aromatic heterocycles. The lowest BCUT2D eigenvalue weighted by molar-refractivity contribution is 0.0695. The molecule has 2 aliphatic rings. The van der Waals surface area contributed by atoms with Crippen molar-refractivity contribution >= 4 is 24.1 Å². The number of aromatic nitrogens is 1. The second kappa shape index (κ2) is 7.37. The minimum atomic E-state index is -1.20. The summed E-state index contributed by atoms with van der Waals surface area (Å²) in [6.45, 7) is 4.01. The Bertz CT molecular complexity index is 910. The van der Waals surface area contributed by atoms with E-state index in [1.807, 2.05) is 19.1 Å². The summed E-state index contributed by atoms with van der Waals surface area (Å²) >= 11 is 0. The van der Waals surface area contributed by atoms with E-state index in [0.717, 1.165) is 42.2 Å². The summed E-state index contributed by atoms with van der Waals surface area (Å²) in [6.07, 6.45) is 1.76. The third-order valence-corrected chi connectivity index (χ3v) is 5.87. The molecule has 1 aliphatic carbocycles. The number of H-pyrrole nitrogens is 1. The van der Waals surface area contributed by atoms with Gasteiger partial charge in [-0.15, -0.1) is 12.4 Å². The Morgan fingerprint density at radius 3 is 2.56 bits per heavy atom. The number of carbonyl (C=O) groups is 1. The number of nitrogens with one attached hydrogen (secondary N) is 1. The molecule has 1 saturated heterocycles. The Morgan fingerprint density at radius 2 is 2.00 bits per heavy atom. The maximum Gasteiger partial charge on any atom is 0.341 e. The number of rotatable bonds is 4. The molecule has 1 aliphatic heterocycles. The summed E-state index contributed by atoms with van der Waals surface area (Å²) in [4.78, 5) is 28.4. The van der Waals surface area contributed by atoms with Gasteiger partial charge >= 0.3 is 5.97 Å². The Hall–Kier alpha value is -2.31. The number of aromatic carboxylic acids is 1. The summed E-state index contributed by atoms with van der Waals surface area (Å²) in [6, 6.07) is 9.92. The van der Waals surface area contributed by atoms with E-state index >= 15 is 0 Å². The number of carboxylic acids is 1. The Kier molecular flexibility index (Phi) is 5.31. The Morgan fingerprint density at radius 1 is 1.30 bits per heavy atom. The Balaban J connectivity index is 0.00000210. The normalized spacial score (nSPS) is 23.3. The van der Waals surface area contributed by atoms with Gasteiger partial charge in [-0.1, -0.05) is 19.1 Å². The molecule has 7 heteroatoms. The monoisotopic (exact) mass is 389 g/mol. The van der Waals surface area contributed by atoms with Gasteiger partial charge in [0.25, 0.3) is 5.56 Å².